The zero-order valence-electron chi connectivity index (χ0n) is 16.5. The first-order valence-electron chi connectivity index (χ1n) is 9.64. The Hall–Kier alpha value is -3.41. The van der Waals surface area contributed by atoms with Gasteiger partial charge in [0.15, 0.2) is 11.7 Å². The number of carbonyl (C=O) groups is 1. The minimum absolute atomic E-state index is 0.0319. The zero-order valence-corrected chi connectivity index (χ0v) is 17.3. The Morgan fingerprint density at radius 1 is 1.22 bits per heavy atom. The van der Waals surface area contributed by atoms with Crippen molar-refractivity contribution in [2.24, 2.45) is 0 Å². The fraction of sp³-hybridized carbons (Fsp3) is 0.300. The van der Waals surface area contributed by atoms with E-state index in [0.717, 1.165) is 37.3 Å². The van der Waals surface area contributed by atoms with Gasteiger partial charge < -0.3 is 9.64 Å². The number of rotatable bonds is 6. The van der Waals surface area contributed by atoms with Crippen molar-refractivity contribution >= 4 is 44.0 Å². The van der Waals surface area contributed by atoms with Gasteiger partial charge in [-0.15, -0.1) is 0 Å². The van der Waals surface area contributed by atoms with Gasteiger partial charge in [0.1, 0.15) is 11.4 Å². The van der Waals surface area contributed by atoms with Gasteiger partial charge in [0.05, 0.1) is 15.1 Å². The molecule has 0 bridgehead atoms. The Morgan fingerprint density at radius 3 is 2.66 bits per heavy atom. The lowest BCUT2D eigenvalue weighted by Crippen LogP contribution is -2.19. The SMILES string of the molecule is O=C(Nc1nc2ccc(OCC(F)(F)F)cc2s1)c1ccc(N2CCCC2)c([N+](=O)[O-])c1. The highest BCUT2D eigenvalue weighted by Gasteiger charge is 2.28. The standard InChI is InChI=1S/C20H17F3N4O4S/c21-20(22,23)11-31-13-4-5-14-17(10-13)32-19(24-14)25-18(28)12-3-6-15(16(9-12)27(29)30)26-7-1-2-8-26/h3-6,9-10H,1-2,7-8,11H2,(H,24,25,28). The molecule has 1 amide bonds. The topological polar surface area (TPSA) is 97.6 Å². The largest absolute Gasteiger partial charge is 0.484 e. The molecule has 0 spiro atoms. The highest BCUT2D eigenvalue weighted by Crippen LogP contribution is 2.33. The average molecular weight is 466 g/mol. The predicted molar refractivity (Wildman–Crippen MR) is 114 cm³/mol. The Bertz CT molecular complexity index is 1180. The van der Waals surface area contributed by atoms with Crippen LogP contribution in [0, 0.1) is 10.1 Å². The minimum Gasteiger partial charge on any atom is -0.484 e. The second-order valence-corrected chi connectivity index (χ2v) is 8.19. The fourth-order valence-corrected chi connectivity index (χ4v) is 4.31. The van der Waals surface area contributed by atoms with E-state index in [1.807, 2.05) is 4.90 Å². The number of nitrogens with one attached hydrogen (secondary N) is 1. The van der Waals surface area contributed by atoms with E-state index >= 15 is 0 Å². The van der Waals surface area contributed by atoms with Crippen molar-refractivity contribution in [1.82, 2.24) is 4.98 Å². The van der Waals surface area contributed by atoms with Crippen LogP contribution in [0.25, 0.3) is 10.2 Å². The van der Waals surface area contributed by atoms with E-state index in [1.165, 1.54) is 30.3 Å². The van der Waals surface area contributed by atoms with Gasteiger partial charge in [-0.1, -0.05) is 11.3 Å². The van der Waals surface area contributed by atoms with Crippen molar-refractivity contribution < 1.29 is 27.6 Å². The number of carbonyl (C=O) groups excluding carboxylic acids is 1. The molecule has 2 aromatic carbocycles. The van der Waals surface area contributed by atoms with Crippen LogP contribution < -0.4 is 15.0 Å². The highest BCUT2D eigenvalue weighted by atomic mass is 32.1. The van der Waals surface area contributed by atoms with Crippen LogP contribution in [-0.2, 0) is 0 Å². The summed E-state index contributed by atoms with van der Waals surface area (Å²) in [4.78, 5) is 29.8. The molecule has 1 N–H and O–H groups in total. The second-order valence-electron chi connectivity index (χ2n) is 7.16. The molecule has 1 fully saturated rings. The van der Waals surface area contributed by atoms with Gasteiger partial charge >= 0.3 is 6.18 Å². The molecule has 8 nitrogen and oxygen atoms in total. The molecule has 1 aliphatic rings. The second kappa shape index (κ2) is 8.61. The van der Waals surface area contributed by atoms with E-state index in [0.29, 0.717) is 15.9 Å². The Balaban J connectivity index is 1.51. The number of hydrogen-bond donors (Lipinski definition) is 1. The van der Waals surface area contributed by atoms with Crippen molar-refractivity contribution in [1.29, 1.82) is 0 Å². The maximum Gasteiger partial charge on any atom is 0.422 e. The minimum atomic E-state index is -4.45. The maximum absolute atomic E-state index is 12.6. The van der Waals surface area contributed by atoms with Gasteiger partial charge in [-0.05, 0) is 43.2 Å². The lowest BCUT2D eigenvalue weighted by atomic mass is 10.1. The number of nitro benzene ring substituents is 1. The molecule has 1 saturated heterocycles. The van der Waals surface area contributed by atoms with E-state index in [-0.39, 0.29) is 22.1 Å². The number of ether oxygens (including phenoxy) is 1. The first kappa shape index (κ1) is 21.8. The molecular formula is C20H17F3N4O4S. The highest BCUT2D eigenvalue weighted by molar-refractivity contribution is 7.22. The van der Waals surface area contributed by atoms with Crippen molar-refractivity contribution in [3.05, 3.63) is 52.1 Å². The number of aromatic nitrogens is 1. The summed E-state index contributed by atoms with van der Waals surface area (Å²) >= 11 is 1.06. The molecule has 0 saturated carbocycles. The van der Waals surface area contributed by atoms with E-state index in [1.54, 1.807) is 6.07 Å². The fourth-order valence-electron chi connectivity index (χ4n) is 3.42. The molecular weight excluding hydrogens is 449 g/mol. The normalized spacial score (nSPS) is 14.0. The number of alkyl halides is 3. The number of benzene rings is 2. The first-order valence-corrected chi connectivity index (χ1v) is 10.5. The summed E-state index contributed by atoms with van der Waals surface area (Å²) in [5, 5.41) is 14.3. The summed E-state index contributed by atoms with van der Waals surface area (Å²) < 4.78 is 42.2. The molecule has 1 aliphatic heterocycles. The van der Waals surface area contributed by atoms with Crippen LogP contribution in [0.15, 0.2) is 36.4 Å². The number of halogens is 3. The van der Waals surface area contributed by atoms with Crippen molar-refractivity contribution in [3.63, 3.8) is 0 Å². The van der Waals surface area contributed by atoms with Crippen LogP contribution in [0.3, 0.4) is 0 Å². The number of thiazole rings is 1. The lowest BCUT2D eigenvalue weighted by molar-refractivity contribution is -0.384. The summed E-state index contributed by atoms with van der Waals surface area (Å²) in [6.45, 7) is 0.0482. The molecule has 0 atom stereocenters. The number of amides is 1. The average Bonchev–Trinajstić information content (AvgIpc) is 3.40. The quantitative estimate of drug-likeness (QED) is 0.406. The van der Waals surface area contributed by atoms with Crippen LogP contribution in [0.2, 0.25) is 0 Å². The van der Waals surface area contributed by atoms with Gasteiger partial charge in [0.2, 0.25) is 0 Å². The van der Waals surface area contributed by atoms with Crippen molar-refractivity contribution in [2.75, 3.05) is 29.9 Å². The first-order chi connectivity index (χ1) is 15.2. The number of hydrogen-bond acceptors (Lipinski definition) is 7. The number of anilines is 2. The van der Waals surface area contributed by atoms with Gasteiger partial charge in [0.25, 0.3) is 11.6 Å². The third kappa shape index (κ3) is 4.90. The number of nitro groups is 1. The third-order valence-electron chi connectivity index (χ3n) is 4.86. The zero-order chi connectivity index (χ0) is 22.9. The van der Waals surface area contributed by atoms with Crippen molar-refractivity contribution in [3.8, 4) is 5.75 Å². The summed E-state index contributed by atoms with van der Waals surface area (Å²) in [6.07, 6.45) is -2.53. The molecule has 1 aromatic heterocycles. The number of nitrogens with zero attached hydrogens (tertiary/aromatic N) is 3. The Morgan fingerprint density at radius 2 is 1.97 bits per heavy atom. The molecule has 2 heterocycles. The third-order valence-corrected chi connectivity index (χ3v) is 5.80. The molecule has 0 aliphatic carbocycles. The Labute approximate surface area is 183 Å². The molecule has 0 unspecified atom stereocenters. The molecule has 4 rings (SSSR count). The smallest absolute Gasteiger partial charge is 0.422 e. The van der Waals surface area contributed by atoms with Crippen LogP contribution >= 0.6 is 11.3 Å². The van der Waals surface area contributed by atoms with Gasteiger partial charge in [-0.2, -0.15) is 13.2 Å². The van der Waals surface area contributed by atoms with Crippen LogP contribution in [0.1, 0.15) is 23.2 Å². The van der Waals surface area contributed by atoms with Crippen molar-refractivity contribution in [2.45, 2.75) is 19.0 Å². The van der Waals surface area contributed by atoms with E-state index in [2.05, 4.69) is 10.3 Å². The lowest BCUT2D eigenvalue weighted by Gasteiger charge is -2.17. The Kier molecular flexibility index (Phi) is 5.87. The van der Waals surface area contributed by atoms with Gasteiger partial charge in [-0.3, -0.25) is 20.2 Å². The molecule has 32 heavy (non-hydrogen) atoms. The molecule has 0 radical (unpaired) electrons. The monoisotopic (exact) mass is 466 g/mol. The summed E-state index contributed by atoms with van der Waals surface area (Å²) in [5.41, 5.74) is 0.916. The molecule has 3 aromatic rings. The van der Waals surface area contributed by atoms with Crippen LogP contribution in [0.5, 0.6) is 5.75 Å². The van der Waals surface area contributed by atoms with Crippen LogP contribution in [-0.4, -0.2) is 41.7 Å². The van der Waals surface area contributed by atoms with Gasteiger partial charge in [0, 0.05) is 24.7 Å². The van der Waals surface area contributed by atoms with Gasteiger partial charge in [-0.25, -0.2) is 4.98 Å². The molecule has 168 valence electrons. The molecule has 12 heteroatoms. The number of fused-ring (bicyclic) bond motifs is 1. The van der Waals surface area contributed by atoms with E-state index in [4.69, 9.17) is 4.74 Å². The van der Waals surface area contributed by atoms with E-state index < -0.39 is 23.6 Å². The maximum atomic E-state index is 12.6. The predicted octanol–water partition coefficient (Wildman–Crippen LogP) is 5.00. The van der Waals surface area contributed by atoms with E-state index in [9.17, 15) is 28.1 Å². The summed E-state index contributed by atoms with van der Waals surface area (Å²) in [6, 6.07) is 8.58. The summed E-state index contributed by atoms with van der Waals surface area (Å²) in [7, 11) is 0. The van der Waals surface area contributed by atoms with Crippen LogP contribution in [0.4, 0.5) is 29.7 Å². The summed E-state index contributed by atoms with van der Waals surface area (Å²) in [5.74, 6) is -0.543.